The van der Waals surface area contributed by atoms with Crippen LogP contribution in [0, 0.1) is 0 Å². The average molecular weight is 221 g/mol. The standard InChI is InChI=1S/C12H15NO3/c1-2-12(14)13-7-9-8-15-10-5-3-4-6-11(10)16-9/h3-6,9H,2,7-8H2,1H3,(H,13,14)/t9-/m0/s1. The summed E-state index contributed by atoms with van der Waals surface area (Å²) in [5, 5.41) is 2.79. The summed E-state index contributed by atoms with van der Waals surface area (Å²) in [5.41, 5.74) is 0. The summed E-state index contributed by atoms with van der Waals surface area (Å²) in [5.74, 6) is 1.53. The fourth-order valence-electron chi connectivity index (χ4n) is 1.52. The van der Waals surface area contributed by atoms with Crippen molar-refractivity contribution in [2.75, 3.05) is 13.2 Å². The van der Waals surface area contributed by atoms with Crippen molar-refractivity contribution < 1.29 is 14.3 Å². The van der Waals surface area contributed by atoms with Crippen LogP contribution in [-0.2, 0) is 4.79 Å². The lowest BCUT2D eigenvalue weighted by molar-refractivity contribution is -0.121. The van der Waals surface area contributed by atoms with Gasteiger partial charge in [0.2, 0.25) is 5.91 Å². The first-order valence-electron chi connectivity index (χ1n) is 5.44. The summed E-state index contributed by atoms with van der Waals surface area (Å²) < 4.78 is 11.2. The Bertz CT molecular complexity index is 378. The van der Waals surface area contributed by atoms with Gasteiger partial charge in [0.05, 0.1) is 6.54 Å². The molecule has 4 heteroatoms. The van der Waals surface area contributed by atoms with Gasteiger partial charge in [-0.25, -0.2) is 0 Å². The quantitative estimate of drug-likeness (QED) is 0.838. The zero-order valence-corrected chi connectivity index (χ0v) is 9.23. The third-order valence-electron chi connectivity index (χ3n) is 2.42. The topological polar surface area (TPSA) is 47.6 Å². The normalized spacial score (nSPS) is 17.9. The van der Waals surface area contributed by atoms with Crippen LogP contribution < -0.4 is 14.8 Å². The van der Waals surface area contributed by atoms with Crippen LogP contribution in [0.3, 0.4) is 0 Å². The van der Waals surface area contributed by atoms with Gasteiger partial charge >= 0.3 is 0 Å². The van der Waals surface area contributed by atoms with E-state index in [0.29, 0.717) is 19.6 Å². The van der Waals surface area contributed by atoms with Gasteiger partial charge in [-0.1, -0.05) is 19.1 Å². The molecule has 0 aromatic heterocycles. The van der Waals surface area contributed by atoms with E-state index in [4.69, 9.17) is 9.47 Å². The van der Waals surface area contributed by atoms with Crippen molar-refractivity contribution in [2.24, 2.45) is 0 Å². The molecule has 1 amide bonds. The van der Waals surface area contributed by atoms with E-state index in [0.717, 1.165) is 11.5 Å². The molecule has 0 aliphatic carbocycles. The minimum atomic E-state index is -0.106. The van der Waals surface area contributed by atoms with Crippen molar-refractivity contribution in [2.45, 2.75) is 19.4 Å². The Labute approximate surface area is 94.6 Å². The summed E-state index contributed by atoms with van der Waals surface area (Å²) >= 11 is 0. The number of carbonyl (C=O) groups excluding carboxylic acids is 1. The van der Waals surface area contributed by atoms with Crippen LogP contribution in [0.15, 0.2) is 24.3 Å². The summed E-state index contributed by atoms with van der Waals surface area (Å²) in [6.07, 6.45) is 0.384. The lowest BCUT2D eigenvalue weighted by atomic mass is 10.2. The number of amides is 1. The molecule has 0 fully saturated rings. The summed E-state index contributed by atoms with van der Waals surface area (Å²) in [6, 6.07) is 7.54. The number of hydrogen-bond donors (Lipinski definition) is 1. The van der Waals surface area contributed by atoms with Crippen LogP contribution in [0.25, 0.3) is 0 Å². The molecule has 0 spiro atoms. The largest absolute Gasteiger partial charge is 0.486 e. The zero-order chi connectivity index (χ0) is 11.4. The van der Waals surface area contributed by atoms with Gasteiger partial charge < -0.3 is 14.8 Å². The molecule has 86 valence electrons. The molecule has 1 aromatic rings. The molecule has 1 aliphatic heterocycles. The predicted molar refractivity (Wildman–Crippen MR) is 59.7 cm³/mol. The van der Waals surface area contributed by atoms with Crippen LogP contribution in [0.1, 0.15) is 13.3 Å². The summed E-state index contributed by atoms with van der Waals surface area (Å²) in [7, 11) is 0. The summed E-state index contributed by atoms with van der Waals surface area (Å²) in [6.45, 7) is 2.78. The number of ether oxygens (including phenoxy) is 2. The van der Waals surface area contributed by atoms with E-state index >= 15 is 0 Å². The van der Waals surface area contributed by atoms with Crippen molar-refractivity contribution in [1.29, 1.82) is 0 Å². The maximum absolute atomic E-state index is 11.1. The van der Waals surface area contributed by atoms with Crippen LogP contribution >= 0.6 is 0 Å². The number of benzene rings is 1. The fourth-order valence-corrected chi connectivity index (χ4v) is 1.52. The van der Waals surface area contributed by atoms with Crippen LogP contribution in [-0.4, -0.2) is 25.2 Å². The van der Waals surface area contributed by atoms with E-state index in [9.17, 15) is 4.79 Å². The van der Waals surface area contributed by atoms with E-state index < -0.39 is 0 Å². The Hall–Kier alpha value is -1.71. The minimum absolute atomic E-state index is 0.0301. The lowest BCUT2D eigenvalue weighted by Gasteiger charge is -2.26. The molecule has 0 unspecified atom stereocenters. The smallest absolute Gasteiger partial charge is 0.219 e. The first-order chi connectivity index (χ1) is 7.79. The maximum Gasteiger partial charge on any atom is 0.219 e. The molecular formula is C12H15NO3. The molecule has 0 saturated carbocycles. The molecule has 1 aromatic carbocycles. The van der Waals surface area contributed by atoms with E-state index in [2.05, 4.69) is 5.32 Å². The molecule has 1 aliphatic rings. The third kappa shape index (κ3) is 2.45. The van der Waals surface area contributed by atoms with Gasteiger partial charge in [0.25, 0.3) is 0 Å². The highest BCUT2D eigenvalue weighted by molar-refractivity contribution is 5.75. The van der Waals surface area contributed by atoms with Gasteiger partial charge in [-0.2, -0.15) is 0 Å². The molecule has 0 bridgehead atoms. The van der Waals surface area contributed by atoms with Gasteiger partial charge in [0.15, 0.2) is 11.5 Å². The second-order valence-electron chi connectivity index (χ2n) is 3.66. The number of rotatable bonds is 3. The Morgan fingerprint density at radius 3 is 2.94 bits per heavy atom. The number of fused-ring (bicyclic) bond motifs is 1. The lowest BCUT2D eigenvalue weighted by Crippen LogP contribution is -2.40. The first-order valence-corrected chi connectivity index (χ1v) is 5.44. The predicted octanol–water partition coefficient (Wildman–Crippen LogP) is 1.35. The van der Waals surface area contributed by atoms with Crippen LogP contribution in [0.4, 0.5) is 0 Å². The number of carbonyl (C=O) groups is 1. The van der Waals surface area contributed by atoms with Crippen LogP contribution in [0.5, 0.6) is 11.5 Å². The monoisotopic (exact) mass is 221 g/mol. The maximum atomic E-state index is 11.1. The average Bonchev–Trinajstić information content (AvgIpc) is 2.35. The molecule has 1 N–H and O–H groups in total. The highest BCUT2D eigenvalue weighted by Gasteiger charge is 2.20. The van der Waals surface area contributed by atoms with Gasteiger partial charge in [-0.3, -0.25) is 4.79 Å². The Balaban J connectivity index is 1.90. The molecule has 1 atom stereocenters. The fraction of sp³-hybridized carbons (Fsp3) is 0.417. The van der Waals surface area contributed by atoms with Gasteiger partial charge in [0.1, 0.15) is 12.7 Å². The van der Waals surface area contributed by atoms with E-state index in [1.807, 2.05) is 31.2 Å². The Kier molecular flexibility index (Phi) is 3.29. The second-order valence-corrected chi connectivity index (χ2v) is 3.66. The molecule has 0 saturated heterocycles. The number of hydrogen-bond acceptors (Lipinski definition) is 3. The molecule has 1 heterocycles. The highest BCUT2D eigenvalue weighted by atomic mass is 16.6. The summed E-state index contributed by atoms with van der Waals surface area (Å²) in [4.78, 5) is 11.1. The third-order valence-corrected chi connectivity index (χ3v) is 2.42. The van der Waals surface area contributed by atoms with E-state index in [-0.39, 0.29) is 12.0 Å². The molecule has 16 heavy (non-hydrogen) atoms. The second kappa shape index (κ2) is 4.88. The number of para-hydroxylation sites is 2. The van der Waals surface area contributed by atoms with E-state index in [1.165, 1.54) is 0 Å². The van der Waals surface area contributed by atoms with Crippen molar-refractivity contribution in [3.63, 3.8) is 0 Å². The Morgan fingerprint density at radius 1 is 1.44 bits per heavy atom. The van der Waals surface area contributed by atoms with Crippen LogP contribution in [0.2, 0.25) is 0 Å². The van der Waals surface area contributed by atoms with Crippen molar-refractivity contribution in [3.05, 3.63) is 24.3 Å². The Morgan fingerprint density at radius 2 is 2.19 bits per heavy atom. The van der Waals surface area contributed by atoms with Crippen molar-refractivity contribution >= 4 is 5.91 Å². The van der Waals surface area contributed by atoms with Gasteiger partial charge in [-0.05, 0) is 12.1 Å². The highest BCUT2D eigenvalue weighted by Crippen LogP contribution is 2.30. The molecule has 0 radical (unpaired) electrons. The first kappa shape index (κ1) is 10.8. The molecule has 4 nitrogen and oxygen atoms in total. The molecule has 2 rings (SSSR count). The minimum Gasteiger partial charge on any atom is -0.486 e. The number of nitrogens with one attached hydrogen (secondary N) is 1. The van der Waals surface area contributed by atoms with E-state index in [1.54, 1.807) is 0 Å². The molecular weight excluding hydrogens is 206 g/mol. The van der Waals surface area contributed by atoms with Crippen molar-refractivity contribution in [3.8, 4) is 11.5 Å². The zero-order valence-electron chi connectivity index (χ0n) is 9.23. The van der Waals surface area contributed by atoms with Gasteiger partial charge in [0, 0.05) is 6.42 Å². The SMILES string of the molecule is CCC(=O)NC[C@H]1COc2ccccc2O1. The van der Waals surface area contributed by atoms with Crippen molar-refractivity contribution in [1.82, 2.24) is 5.32 Å². The van der Waals surface area contributed by atoms with Gasteiger partial charge in [-0.15, -0.1) is 0 Å².